The van der Waals surface area contributed by atoms with Gasteiger partial charge in [0.05, 0.1) is 17.8 Å². The predicted octanol–water partition coefficient (Wildman–Crippen LogP) is 1.52. The zero-order valence-electron chi connectivity index (χ0n) is 12.1. The highest BCUT2D eigenvalue weighted by Gasteiger charge is 2.62. The van der Waals surface area contributed by atoms with E-state index in [1.807, 2.05) is 20.8 Å². The van der Waals surface area contributed by atoms with Gasteiger partial charge in [-0.25, -0.2) is 0 Å². The summed E-state index contributed by atoms with van der Waals surface area (Å²) in [5.74, 6) is -1.38. The monoisotopic (exact) mass is 279 g/mol. The fourth-order valence-electron chi connectivity index (χ4n) is 4.10. The lowest BCUT2D eigenvalue weighted by molar-refractivity contribution is -0.156. The van der Waals surface area contributed by atoms with E-state index in [-0.39, 0.29) is 35.6 Å². The van der Waals surface area contributed by atoms with Crippen molar-refractivity contribution in [3.63, 3.8) is 0 Å². The lowest BCUT2D eigenvalue weighted by Crippen LogP contribution is -2.54. The van der Waals surface area contributed by atoms with Gasteiger partial charge in [-0.15, -0.1) is 0 Å². The number of carbonyl (C=O) groups is 3. The molecule has 0 spiro atoms. The molecule has 2 saturated carbocycles. The molecule has 0 aromatic rings. The number of carboxylic acids is 1. The van der Waals surface area contributed by atoms with Crippen LogP contribution < -0.4 is 0 Å². The van der Waals surface area contributed by atoms with E-state index in [1.54, 1.807) is 0 Å². The van der Waals surface area contributed by atoms with Gasteiger partial charge in [0.15, 0.2) is 0 Å². The maximum Gasteiger partial charge on any atom is 0.307 e. The molecular formula is C15H21NO4. The molecule has 5 unspecified atom stereocenters. The van der Waals surface area contributed by atoms with Crippen LogP contribution in [0.5, 0.6) is 0 Å². The second-order valence-corrected chi connectivity index (χ2v) is 7.14. The van der Waals surface area contributed by atoms with Gasteiger partial charge < -0.3 is 5.11 Å². The van der Waals surface area contributed by atoms with Crippen LogP contribution in [0.4, 0.5) is 0 Å². The number of carboxylic acid groups (broad SMARTS) is 1. The molecule has 2 aliphatic carbocycles. The fraction of sp³-hybridized carbons (Fsp3) is 0.800. The largest absolute Gasteiger partial charge is 0.481 e. The minimum Gasteiger partial charge on any atom is -0.481 e. The highest BCUT2D eigenvalue weighted by molar-refractivity contribution is 6.09. The molecule has 1 saturated heterocycles. The second kappa shape index (κ2) is 4.06. The quantitative estimate of drug-likeness (QED) is 0.778. The summed E-state index contributed by atoms with van der Waals surface area (Å²) in [6, 6.07) is -0.131. The molecule has 3 aliphatic rings. The maximum absolute atomic E-state index is 12.2. The normalized spacial score (nSPS) is 42.5. The van der Waals surface area contributed by atoms with Gasteiger partial charge in [0.25, 0.3) is 0 Å². The summed E-state index contributed by atoms with van der Waals surface area (Å²) in [5, 5.41) is 9.35. The first kappa shape index (κ1) is 13.6. The topological polar surface area (TPSA) is 74.7 Å². The number of carbonyl (C=O) groups excluding carboxylic acids is 2. The van der Waals surface area contributed by atoms with Crippen molar-refractivity contribution in [1.82, 2.24) is 4.90 Å². The summed E-state index contributed by atoms with van der Waals surface area (Å²) < 4.78 is 0. The van der Waals surface area contributed by atoms with Crippen LogP contribution in [-0.4, -0.2) is 33.8 Å². The molecule has 0 aromatic carbocycles. The van der Waals surface area contributed by atoms with Gasteiger partial charge in [-0.1, -0.05) is 20.8 Å². The molecule has 0 bridgehead atoms. The van der Waals surface area contributed by atoms with E-state index in [2.05, 4.69) is 0 Å². The molecule has 3 fully saturated rings. The number of hydrogen-bond acceptors (Lipinski definition) is 3. The van der Waals surface area contributed by atoms with E-state index in [4.69, 9.17) is 0 Å². The molecule has 5 nitrogen and oxygen atoms in total. The van der Waals surface area contributed by atoms with Crippen molar-refractivity contribution >= 4 is 17.8 Å². The molecule has 5 atom stereocenters. The zero-order valence-corrected chi connectivity index (χ0v) is 12.1. The molecule has 2 amide bonds. The van der Waals surface area contributed by atoms with Crippen LogP contribution in [0.2, 0.25) is 0 Å². The molecule has 1 aliphatic heterocycles. The molecule has 0 aromatic heterocycles. The van der Waals surface area contributed by atoms with E-state index in [0.29, 0.717) is 12.8 Å². The SMILES string of the molecule is CC1C(N2C(=O)C3CC3C2=O)CCC(C(=O)O)C1(C)C. The molecule has 20 heavy (non-hydrogen) atoms. The zero-order chi connectivity index (χ0) is 14.8. The van der Waals surface area contributed by atoms with Crippen LogP contribution in [0.25, 0.3) is 0 Å². The smallest absolute Gasteiger partial charge is 0.307 e. The first-order chi connectivity index (χ1) is 9.26. The van der Waals surface area contributed by atoms with Crippen molar-refractivity contribution in [2.45, 2.75) is 46.1 Å². The van der Waals surface area contributed by atoms with E-state index < -0.39 is 17.3 Å². The van der Waals surface area contributed by atoms with Crippen LogP contribution in [0, 0.1) is 29.1 Å². The minimum atomic E-state index is -0.776. The van der Waals surface area contributed by atoms with E-state index in [9.17, 15) is 19.5 Å². The van der Waals surface area contributed by atoms with Gasteiger partial charge in [0.1, 0.15) is 0 Å². The Kier molecular flexibility index (Phi) is 2.76. The Balaban J connectivity index is 1.85. The number of aliphatic carboxylic acids is 1. The second-order valence-electron chi connectivity index (χ2n) is 7.14. The average molecular weight is 279 g/mol. The van der Waals surface area contributed by atoms with Crippen LogP contribution in [-0.2, 0) is 14.4 Å². The molecule has 5 heteroatoms. The van der Waals surface area contributed by atoms with Gasteiger partial charge in [-0.2, -0.15) is 0 Å². The maximum atomic E-state index is 12.2. The summed E-state index contributed by atoms with van der Waals surface area (Å²) >= 11 is 0. The summed E-state index contributed by atoms with van der Waals surface area (Å²) in [4.78, 5) is 37.3. The average Bonchev–Trinajstić information content (AvgIpc) is 3.09. The van der Waals surface area contributed by atoms with Gasteiger partial charge in [0, 0.05) is 6.04 Å². The third kappa shape index (κ3) is 1.64. The van der Waals surface area contributed by atoms with Crippen LogP contribution in [0.15, 0.2) is 0 Å². The number of nitrogens with zero attached hydrogens (tertiary/aromatic N) is 1. The molecule has 110 valence electrons. The van der Waals surface area contributed by atoms with Crippen molar-refractivity contribution in [2.24, 2.45) is 29.1 Å². The van der Waals surface area contributed by atoms with Crippen molar-refractivity contribution in [1.29, 1.82) is 0 Å². The fourth-order valence-corrected chi connectivity index (χ4v) is 4.10. The van der Waals surface area contributed by atoms with Crippen LogP contribution >= 0.6 is 0 Å². The number of piperidine rings is 1. The highest BCUT2D eigenvalue weighted by atomic mass is 16.4. The summed E-state index contributed by atoms with van der Waals surface area (Å²) in [6.45, 7) is 5.85. The minimum absolute atomic E-state index is 0.00255. The van der Waals surface area contributed by atoms with Gasteiger partial charge in [0.2, 0.25) is 11.8 Å². The Bertz CT molecular complexity index is 478. The van der Waals surface area contributed by atoms with Gasteiger partial charge >= 0.3 is 5.97 Å². The molecule has 3 rings (SSSR count). The van der Waals surface area contributed by atoms with Crippen molar-refractivity contribution < 1.29 is 19.5 Å². The number of rotatable bonds is 2. The standard InChI is InChI=1S/C15H21NO4/c1-7-11(5-4-10(14(19)20)15(7,2)3)16-12(17)8-6-9(8)13(16)18/h7-11H,4-6H2,1-3H3,(H,19,20). The van der Waals surface area contributed by atoms with Crippen LogP contribution in [0.1, 0.15) is 40.0 Å². The summed E-state index contributed by atoms with van der Waals surface area (Å²) in [5.41, 5.74) is -0.415. The van der Waals surface area contributed by atoms with Gasteiger partial charge in [-0.05, 0) is 30.6 Å². The summed E-state index contributed by atoms with van der Waals surface area (Å²) in [7, 11) is 0. The van der Waals surface area contributed by atoms with Gasteiger partial charge in [-0.3, -0.25) is 19.3 Å². The number of likely N-dealkylation sites (tertiary alicyclic amines) is 1. The predicted molar refractivity (Wildman–Crippen MR) is 70.5 cm³/mol. The Morgan fingerprint density at radius 2 is 1.75 bits per heavy atom. The van der Waals surface area contributed by atoms with E-state index in [1.165, 1.54) is 4.90 Å². The van der Waals surface area contributed by atoms with Crippen molar-refractivity contribution in [3.8, 4) is 0 Å². The van der Waals surface area contributed by atoms with Crippen LogP contribution in [0.3, 0.4) is 0 Å². The number of hydrogen-bond donors (Lipinski definition) is 1. The Hall–Kier alpha value is -1.39. The summed E-state index contributed by atoms with van der Waals surface area (Å²) in [6.07, 6.45) is 1.86. The number of fused-ring (bicyclic) bond motifs is 1. The van der Waals surface area contributed by atoms with E-state index in [0.717, 1.165) is 6.42 Å². The highest BCUT2D eigenvalue weighted by Crippen LogP contribution is 2.52. The first-order valence-electron chi connectivity index (χ1n) is 7.36. The Labute approximate surface area is 118 Å². The van der Waals surface area contributed by atoms with E-state index >= 15 is 0 Å². The molecular weight excluding hydrogens is 258 g/mol. The molecule has 1 heterocycles. The van der Waals surface area contributed by atoms with Crippen molar-refractivity contribution in [3.05, 3.63) is 0 Å². The Morgan fingerprint density at radius 3 is 2.25 bits per heavy atom. The number of amides is 2. The third-order valence-electron chi connectivity index (χ3n) is 5.93. The first-order valence-corrected chi connectivity index (χ1v) is 7.36. The molecule has 0 radical (unpaired) electrons. The molecule has 1 N–H and O–H groups in total. The lowest BCUT2D eigenvalue weighted by atomic mass is 9.60. The van der Waals surface area contributed by atoms with Crippen molar-refractivity contribution in [2.75, 3.05) is 0 Å². The third-order valence-corrected chi connectivity index (χ3v) is 5.93. The lowest BCUT2D eigenvalue weighted by Gasteiger charge is -2.48. The Morgan fingerprint density at radius 1 is 1.20 bits per heavy atom. The number of imide groups is 1.